The first-order chi connectivity index (χ1) is 10.3. The fraction of sp³-hybridized carbons (Fsp3) is 0.889. The summed E-state index contributed by atoms with van der Waals surface area (Å²) >= 11 is 0. The van der Waals surface area contributed by atoms with Gasteiger partial charge in [0, 0.05) is 38.8 Å². The Labute approximate surface area is 130 Å². The van der Waals surface area contributed by atoms with Crippen molar-refractivity contribution in [3.8, 4) is 0 Å². The van der Waals surface area contributed by atoms with Gasteiger partial charge in [0.05, 0.1) is 0 Å². The van der Waals surface area contributed by atoms with Gasteiger partial charge in [-0.1, -0.05) is 12.2 Å². The number of piperazine rings is 1. The van der Waals surface area contributed by atoms with E-state index in [4.69, 9.17) is 0 Å². The molecule has 0 unspecified atom stereocenters. The van der Waals surface area contributed by atoms with Crippen molar-refractivity contribution < 1.29 is 0 Å². The van der Waals surface area contributed by atoms with Crippen molar-refractivity contribution in [2.75, 3.05) is 52.9 Å². The van der Waals surface area contributed by atoms with Crippen LogP contribution in [0.1, 0.15) is 25.7 Å². The number of fused-ring (bicyclic) bond motifs is 2. The lowest BCUT2D eigenvalue weighted by atomic mass is 9.92. The summed E-state index contributed by atoms with van der Waals surface area (Å²) in [6.07, 6.45) is 10.7. The Morgan fingerprint density at radius 1 is 0.905 bits per heavy atom. The van der Waals surface area contributed by atoms with Gasteiger partial charge >= 0.3 is 0 Å². The summed E-state index contributed by atoms with van der Waals surface area (Å²) in [5, 5.41) is 0. The molecule has 4 rings (SSSR count). The average molecular weight is 289 g/mol. The highest BCUT2D eigenvalue weighted by atomic mass is 15.3. The summed E-state index contributed by atoms with van der Waals surface area (Å²) in [6.45, 7) is 9.16. The summed E-state index contributed by atoms with van der Waals surface area (Å²) in [5.41, 5.74) is 0. The van der Waals surface area contributed by atoms with Crippen LogP contribution in [-0.2, 0) is 0 Å². The van der Waals surface area contributed by atoms with Gasteiger partial charge in [-0.05, 0) is 63.6 Å². The third kappa shape index (κ3) is 3.06. The molecule has 2 heterocycles. The smallest absolute Gasteiger partial charge is 0.0121 e. The van der Waals surface area contributed by atoms with Crippen molar-refractivity contribution in [1.82, 2.24) is 14.7 Å². The molecule has 2 aliphatic heterocycles. The topological polar surface area (TPSA) is 9.72 Å². The van der Waals surface area contributed by atoms with Crippen molar-refractivity contribution in [3.63, 3.8) is 0 Å². The molecule has 3 fully saturated rings. The van der Waals surface area contributed by atoms with Crippen LogP contribution < -0.4 is 0 Å². The first-order valence-corrected chi connectivity index (χ1v) is 9.11. The number of hydrogen-bond acceptors (Lipinski definition) is 3. The number of rotatable bonds is 3. The molecule has 21 heavy (non-hydrogen) atoms. The summed E-state index contributed by atoms with van der Waals surface area (Å²) in [7, 11) is 2.25. The van der Waals surface area contributed by atoms with Crippen molar-refractivity contribution in [1.29, 1.82) is 0 Å². The van der Waals surface area contributed by atoms with Crippen LogP contribution in [0.5, 0.6) is 0 Å². The van der Waals surface area contributed by atoms with Gasteiger partial charge in [0.1, 0.15) is 0 Å². The Bertz CT molecular complexity index is 378. The minimum atomic E-state index is 0.870. The van der Waals surface area contributed by atoms with Crippen LogP contribution in [0.3, 0.4) is 0 Å². The highest BCUT2D eigenvalue weighted by Crippen LogP contribution is 2.43. The van der Waals surface area contributed by atoms with Crippen molar-refractivity contribution in [2.45, 2.75) is 31.7 Å². The van der Waals surface area contributed by atoms with E-state index in [-0.39, 0.29) is 0 Å². The molecule has 3 atom stereocenters. The van der Waals surface area contributed by atoms with E-state index < -0.39 is 0 Å². The SMILES string of the molecule is CN1CCN(C2CCN(C[C@@H]3C[C@@H]4C=C[C@H]3C4)CC2)CC1. The predicted octanol–water partition coefficient (Wildman–Crippen LogP) is 1.91. The zero-order chi connectivity index (χ0) is 14.2. The van der Waals surface area contributed by atoms with E-state index >= 15 is 0 Å². The minimum absolute atomic E-state index is 0.870. The molecule has 4 aliphatic rings. The number of nitrogens with zero attached hydrogens (tertiary/aromatic N) is 3. The van der Waals surface area contributed by atoms with Crippen molar-refractivity contribution in [3.05, 3.63) is 12.2 Å². The van der Waals surface area contributed by atoms with Crippen LogP contribution in [0.25, 0.3) is 0 Å². The van der Waals surface area contributed by atoms with E-state index in [2.05, 4.69) is 33.9 Å². The number of allylic oxidation sites excluding steroid dienone is 2. The Morgan fingerprint density at radius 2 is 1.67 bits per heavy atom. The summed E-state index contributed by atoms with van der Waals surface area (Å²) < 4.78 is 0. The van der Waals surface area contributed by atoms with Crippen LogP contribution in [0, 0.1) is 17.8 Å². The van der Waals surface area contributed by atoms with Crippen molar-refractivity contribution in [2.24, 2.45) is 17.8 Å². The Balaban J connectivity index is 1.23. The Kier molecular flexibility index (Phi) is 4.08. The van der Waals surface area contributed by atoms with Crippen molar-refractivity contribution >= 4 is 0 Å². The molecular weight excluding hydrogens is 258 g/mol. The molecule has 2 saturated heterocycles. The van der Waals surface area contributed by atoms with Crippen LogP contribution in [0.4, 0.5) is 0 Å². The van der Waals surface area contributed by atoms with Gasteiger partial charge in [-0.3, -0.25) is 4.90 Å². The van der Waals surface area contributed by atoms with Crippen LogP contribution >= 0.6 is 0 Å². The van der Waals surface area contributed by atoms with E-state index in [1.54, 1.807) is 0 Å². The van der Waals surface area contributed by atoms with Gasteiger partial charge in [0.15, 0.2) is 0 Å². The van der Waals surface area contributed by atoms with Crippen LogP contribution in [0.2, 0.25) is 0 Å². The molecule has 0 aromatic heterocycles. The molecular formula is C18H31N3. The Morgan fingerprint density at radius 3 is 2.29 bits per heavy atom. The third-order valence-corrected chi connectivity index (χ3v) is 6.52. The fourth-order valence-electron chi connectivity index (χ4n) is 5.09. The third-order valence-electron chi connectivity index (χ3n) is 6.52. The molecule has 0 aromatic carbocycles. The molecule has 0 amide bonds. The second-order valence-electron chi connectivity index (χ2n) is 7.91. The minimum Gasteiger partial charge on any atom is -0.304 e. The first-order valence-electron chi connectivity index (χ1n) is 9.11. The number of likely N-dealkylation sites (N-methyl/N-ethyl adjacent to an activating group) is 1. The van der Waals surface area contributed by atoms with Gasteiger partial charge in [0.25, 0.3) is 0 Å². The lowest BCUT2D eigenvalue weighted by Crippen LogP contribution is -2.52. The molecule has 118 valence electrons. The molecule has 0 radical (unpaired) electrons. The molecule has 3 nitrogen and oxygen atoms in total. The van der Waals surface area contributed by atoms with E-state index in [1.807, 2.05) is 0 Å². The predicted molar refractivity (Wildman–Crippen MR) is 87.4 cm³/mol. The maximum absolute atomic E-state index is 2.77. The van der Waals surface area contributed by atoms with Gasteiger partial charge in [0.2, 0.25) is 0 Å². The maximum Gasteiger partial charge on any atom is 0.0121 e. The van der Waals surface area contributed by atoms with E-state index in [0.29, 0.717) is 0 Å². The van der Waals surface area contributed by atoms with E-state index in [1.165, 1.54) is 71.5 Å². The molecule has 0 aromatic rings. The monoisotopic (exact) mass is 289 g/mol. The number of piperidine rings is 1. The zero-order valence-corrected chi connectivity index (χ0v) is 13.6. The second kappa shape index (κ2) is 6.02. The lowest BCUT2D eigenvalue weighted by molar-refractivity contribution is 0.0619. The highest BCUT2D eigenvalue weighted by molar-refractivity contribution is 5.10. The second-order valence-corrected chi connectivity index (χ2v) is 7.91. The summed E-state index contributed by atoms with van der Waals surface area (Å²) in [6, 6.07) is 0.870. The highest BCUT2D eigenvalue weighted by Gasteiger charge is 2.37. The maximum atomic E-state index is 2.77. The number of likely N-dealkylation sites (tertiary alicyclic amines) is 1. The molecule has 2 bridgehead atoms. The summed E-state index contributed by atoms with van der Waals surface area (Å²) in [4.78, 5) is 8.00. The molecule has 0 spiro atoms. The lowest BCUT2D eigenvalue weighted by Gasteiger charge is -2.42. The molecule has 2 aliphatic carbocycles. The van der Waals surface area contributed by atoms with Gasteiger partial charge in [-0.2, -0.15) is 0 Å². The largest absolute Gasteiger partial charge is 0.304 e. The molecule has 0 N–H and O–H groups in total. The van der Waals surface area contributed by atoms with E-state index in [0.717, 1.165) is 23.8 Å². The quantitative estimate of drug-likeness (QED) is 0.735. The van der Waals surface area contributed by atoms with Gasteiger partial charge in [-0.25, -0.2) is 0 Å². The fourth-order valence-corrected chi connectivity index (χ4v) is 5.09. The standard InChI is InChI=1S/C18H31N3/c1-19-8-10-21(11-9-19)18-4-6-20(7-5-18)14-17-13-15-2-3-16(17)12-15/h2-3,15-18H,4-14H2,1H3/t15-,16+,17+/m1/s1. The normalized spacial score (nSPS) is 39.4. The first kappa shape index (κ1) is 14.2. The molecule has 3 heteroatoms. The molecule has 1 saturated carbocycles. The average Bonchev–Trinajstić information content (AvgIpc) is 3.12. The van der Waals surface area contributed by atoms with Crippen LogP contribution in [0.15, 0.2) is 12.2 Å². The number of hydrogen-bond donors (Lipinski definition) is 0. The Hall–Kier alpha value is -0.380. The summed E-state index contributed by atoms with van der Waals surface area (Å²) in [5.74, 6) is 2.83. The van der Waals surface area contributed by atoms with Gasteiger partial charge in [-0.15, -0.1) is 0 Å². The van der Waals surface area contributed by atoms with E-state index in [9.17, 15) is 0 Å². The van der Waals surface area contributed by atoms with Crippen LogP contribution in [-0.4, -0.2) is 73.6 Å². The zero-order valence-electron chi connectivity index (χ0n) is 13.6. The van der Waals surface area contributed by atoms with Gasteiger partial charge < -0.3 is 9.80 Å².